The van der Waals surface area contributed by atoms with Crippen LogP contribution in [-0.2, 0) is 47.7 Å². The van der Waals surface area contributed by atoms with Crippen molar-refractivity contribution >= 4 is 40.8 Å². The van der Waals surface area contributed by atoms with E-state index in [-0.39, 0.29) is 53.8 Å². The zero-order valence-corrected chi connectivity index (χ0v) is 29.3. The Balaban J connectivity index is 1.75. The summed E-state index contributed by atoms with van der Waals surface area (Å²) in [6, 6.07) is 4.39. The van der Waals surface area contributed by atoms with Gasteiger partial charge in [-0.1, -0.05) is 25.7 Å². The molecule has 2 aromatic rings. The van der Waals surface area contributed by atoms with Crippen LogP contribution in [0.5, 0.6) is 0 Å². The van der Waals surface area contributed by atoms with E-state index in [2.05, 4.69) is 30.0 Å². The Morgan fingerprint density at radius 3 is 2.48 bits per heavy atom. The van der Waals surface area contributed by atoms with Crippen molar-refractivity contribution in [3.8, 4) is 11.8 Å². The van der Waals surface area contributed by atoms with Crippen LogP contribution in [0.2, 0.25) is 0 Å². The van der Waals surface area contributed by atoms with Crippen LogP contribution in [0.15, 0.2) is 29.2 Å². The van der Waals surface area contributed by atoms with Crippen LogP contribution in [0.3, 0.4) is 0 Å². The van der Waals surface area contributed by atoms with Crippen LogP contribution in [0.4, 0.5) is 11.5 Å². The lowest BCUT2D eigenvalue weighted by Gasteiger charge is -2.23. The van der Waals surface area contributed by atoms with E-state index in [1.165, 1.54) is 25.3 Å². The van der Waals surface area contributed by atoms with Crippen molar-refractivity contribution in [2.45, 2.75) is 71.2 Å². The third kappa shape index (κ3) is 12.2. The number of carbonyl (C=O) groups is 1. The van der Waals surface area contributed by atoms with Crippen LogP contribution in [-0.4, -0.2) is 63.8 Å². The molecular formula is C26H35N4O17P3. The van der Waals surface area contributed by atoms with Gasteiger partial charge in [0.25, 0.3) is 5.69 Å². The van der Waals surface area contributed by atoms with Gasteiger partial charge in [0.05, 0.1) is 35.9 Å². The Kier molecular flexibility index (Phi) is 13.9. The second kappa shape index (κ2) is 16.9. The van der Waals surface area contributed by atoms with Crippen molar-refractivity contribution in [2.24, 2.45) is 5.92 Å². The summed E-state index contributed by atoms with van der Waals surface area (Å²) < 4.78 is 58.7. The molecule has 0 radical (unpaired) electrons. The summed E-state index contributed by atoms with van der Waals surface area (Å²) in [4.78, 5) is 75.3. The normalized spacial score (nSPS) is 20.8. The Morgan fingerprint density at radius 2 is 1.88 bits per heavy atom. The highest BCUT2D eigenvalue weighted by Gasteiger charge is 2.43. The van der Waals surface area contributed by atoms with Gasteiger partial charge in [-0.05, 0) is 25.0 Å². The molecule has 1 aliphatic heterocycles. The van der Waals surface area contributed by atoms with Crippen molar-refractivity contribution < 1.29 is 70.7 Å². The summed E-state index contributed by atoms with van der Waals surface area (Å²) in [7, 11) is -16.9. The highest BCUT2D eigenvalue weighted by Crippen LogP contribution is 2.66. The number of Topliss-reactive ketones (excluding diaryl/α,β-unsaturated/α-hetero) is 1. The van der Waals surface area contributed by atoms with Crippen LogP contribution >= 0.6 is 23.5 Å². The summed E-state index contributed by atoms with van der Waals surface area (Å²) >= 11 is 0. The van der Waals surface area contributed by atoms with Crippen molar-refractivity contribution in [1.29, 1.82) is 0 Å². The average Bonchev–Trinajstić information content (AvgIpc) is 3.33. The molecule has 50 heavy (non-hydrogen) atoms. The van der Waals surface area contributed by atoms with Gasteiger partial charge in [-0.25, -0.2) is 18.5 Å². The van der Waals surface area contributed by atoms with Gasteiger partial charge in [-0.15, -0.1) is 0 Å². The molecule has 0 bridgehead atoms. The molecule has 0 aliphatic carbocycles. The van der Waals surface area contributed by atoms with Gasteiger partial charge in [0.1, 0.15) is 23.9 Å². The number of phosphoric ester groups is 1. The fourth-order valence-corrected chi connectivity index (χ4v) is 7.62. The summed E-state index contributed by atoms with van der Waals surface area (Å²) in [5, 5.41) is 22.4. The van der Waals surface area contributed by atoms with E-state index < -0.39 is 65.2 Å². The minimum absolute atomic E-state index is 0.0333. The number of benzene rings is 1. The first kappa shape index (κ1) is 41.2. The van der Waals surface area contributed by atoms with Crippen LogP contribution in [0.25, 0.3) is 0 Å². The van der Waals surface area contributed by atoms with Gasteiger partial charge in [0.2, 0.25) is 0 Å². The molecule has 1 fully saturated rings. The van der Waals surface area contributed by atoms with Crippen LogP contribution in [0, 0.1) is 27.9 Å². The fraction of sp³-hybridized carbons (Fsp3) is 0.500. The molecule has 2 heterocycles. The molecule has 7 N–H and O–H groups in total. The van der Waals surface area contributed by atoms with E-state index in [4.69, 9.17) is 25.0 Å². The van der Waals surface area contributed by atoms with Crippen molar-refractivity contribution in [3.63, 3.8) is 0 Å². The van der Waals surface area contributed by atoms with Gasteiger partial charge in [0.15, 0.2) is 0 Å². The first-order valence-corrected chi connectivity index (χ1v) is 19.0. The molecule has 0 amide bonds. The van der Waals surface area contributed by atoms with Crippen molar-refractivity contribution in [1.82, 2.24) is 9.55 Å². The number of nitro groups is 1. The SMILES string of the molecule is CC(=O)CCC#Cc1ccc([C@H](OCc2cn([C@H]3CC(O)[C@@H](COP(=O)(O)OP(=O)(O)OP(=O)(O)O)O3)c(=O)nc2N)C(C)C)c([N+](=O)[O-])c1. The minimum atomic E-state index is -5.78. The van der Waals surface area contributed by atoms with E-state index >= 15 is 0 Å². The lowest BCUT2D eigenvalue weighted by Crippen LogP contribution is -2.29. The molecule has 1 aromatic heterocycles. The van der Waals surface area contributed by atoms with E-state index in [0.29, 0.717) is 12.0 Å². The molecule has 276 valence electrons. The van der Waals surface area contributed by atoms with Crippen LogP contribution < -0.4 is 11.4 Å². The number of nitrogens with zero attached hydrogens (tertiary/aromatic N) is 3. The number of nitrogen functional groups attached to an aromatic ring is 1. The number of ether oxygens (including phenoxy) is 2. The number of anilines is 1. The Labute approximate surface area is 283 Å². The number of nitrogens with two attached hydrogens (primary N) is 1. The quantitative estimate of drug-likeness (QED) is 0.0617. The van der Waals surface area contributed by atoms with Gasteiger partial charge in [-0.3, -0.25) is 24.0 Å². The molecule has 1 aromatic carbocycles. The zero-order valence-electron chi connectivity index (χ0n) is 26.6. The molecule has 3 unspecified atom stereocenters. The van der Waals surface area contributed by atoms with Gasteiger partial charge in [0, 0.05) is 42.7 Å². The summed E-state index contributed by atoms with van der Waals surface area (Å²) in [5.41, 5.74) is 5.55. The highest BCUT2D eigenvalue weighted by atomic mass is 31.3. The minimum Gasteiger partial charge on any atom is -0.390 e. The fourth-order valence-electron chi connectivity index (χ4n) is 4.59. The van der Waals surface area contributed by atoms with Gasteiger partial charge >= 0.3 is 29.2 Å². The van der Waals surface area contributed by atoms with E-state index in [9.17, 15) is 48.3 Å². The number of aromatic nitrogens is 2. The Hall–Kier alpha value is -3.18. The van der Waals surface area contributed by atoms with E-state index in [1.807, 2.05) is 0 Å². The van der Waals surface area contributed by atoms with Crippen LogP contribution in [0.1, 0.15) is 69.1 Å². The largest absolute Gasteiger partial charge is 0.490 e. The number of aliphatic hydroxyl groups is 1. The Morgan fingerprint density at radius 1 is 1.20 bits per heavy atom. The molecule has 0 spiro atoms. The van der Waals surface area contributed by atoms with Gasteiger partial charge in [-0.2, -0.15) is 13.6 Å². The number of carbonyl (C=O) groups excluding carboxylic acids is 1. The zero-order chi connectivity index (χ0) is 37.6. The topological polar surface area (TPSA) is 320 Å². The molecular weight excluding hydrogens is 733 g/mol. The number of phosphoric acid groups is 3. The third-order valence-electron chi connectivity index (χ3n) is 6.79. The number of aliphatic hydroxyl groups excluding tert-OH is 1. The molecule has 1 saturated heterocycles. The van der Waals surface area contributed by atoms with Gasteiger partial charge < -0.3 is 39.9 Å². The molecule has 3 rings (SSSR count). The second-order valence-electron chi connectivity index (χ2n) is 11.2. The number of hydrogen-bond acceptors (Lipinski definition) is 15. The molecule has 1 aliphatic rings. The summed E-state index contributed by atoms with van der Waals surface area (Å²) in [6.45, 7) is 3.71. The summed E-state index contributed by atoms with van der Waals surface area (Å²) in [5.74, 6) is 5.04. The predicted octanol–water partition coefficient (Wildman–Crippen LogP) is 2.36. The van der Waals surface area contributed by atoms with Crippen molar-refractivity contribution in [3.05, 3.63) is 61.7 Å². The average molecular weight is 768 g/mol. The molecule has 21 nitrogen and oxygen atoms in total. The molecule has 6 atom stereocenters. The Bertz CT molecular complexity index is 1850. The van der Waals surface area contributed by atoms with E-state index in [0.717, 1.165) is 4.57 Å². The third-order valence-corrected chi connectivity index (χ3v) is 10.6. The predicted molar refractivity (Wildman–Crippen MR) is 170 cm³/mol. The first-order valence-electron chi connectivity index (χ1n) is 14.4. The maximum absolute atomic E-state index is 12.7. The maximum Gasteiger partial charge on any atom is 0.490 e. The number of ketones is 1. The maximum atomic E-state index is 12.7. The highest BCUT2D eigenvalue weighted by molar-refractivity contribution is 7.66. The number of rotatable bonds is 16. The molecule has 0 saturated carbocycles. The van der Waals surface area contributed by atoms with E-state index in [1.54, 1.807) is 19.9 Å². The van der Waals surface area contributed by atoms with Crippen molar-refractivity contribution in [2.75, 3.05) is 12.3 Å². The summed E-state index contributed by atoms with van der Waals surface area (Å²) in [6.07, 6.45) is -3.48. The lowest BCUT2D eigenvalue weighted by molar-refractivity contribution is -0.386. The standard InChI is InChI=1S/C26H35N4O17P3/c1-15(2)24(19-9-8-17(10-20(19)30(34)35)7-5-4-6-16(3)31)43-13-18-12-29(26(33)28-25(18)27)23-11-21(32)22(45-23)14-44-49(39,40)47-50(41,42)46-48(36,37)38/h8-10,12,15,21-24,32H,4,6,11,13-14H2,1-3H3,(H,39,40)(H,41,42)(H2,27,28,33)(H2,36,37,38)/t21?,22-,23-,24-/m1/s1. The second-order valence-corrected chi connectivity index (χ2v) is 15.6. The monoisotopic (exact) mass is 768 g/mol. The molecule has 24 heteroatoms. The first-order chi connectivity index (χ1) is 23.1. The number of nitro benzene ring substituents is 1. The smallest absolute Gasteiger partial charge is 0.390 e. The number of hydrogen-bond donors (Lipinski definition) is 6. The lowest BCUT2D eigenvalue weighted by atomic mass is 9.96.